The van der Waals surface area contributed by atoms with E-state index >= 15 is 0 Å². The maximum atomic E-state index is 12.3. The minimum absolute atomic E-state index is 0.197. The van der Waals surface area contributed by atoms with Crippen LogP contribution in [0.15, 0.2) is 24.3 Å². The summed E-state index contributed by atoms with van der Waals surface area (Å²) in [4.78, 5) is 23.7. The summed E-state index contributed by atoms with van der Waals surface area (Å²) in [5, 5.41) is 12.0. The average molecular weight is 307 g/mol. The number of rotatable bonds is 6. The van der Waals surface area contributed by atoms with Crippen LogP contribution < -0.4 is 5.32 Å². The van der Waals surface area contributed by atoms with Gasteiger partial charge in [0.1, 0.15) is 6.04 Å². The van der Waals surface area contributed by atoms with Gasteiger partial charge in [-0.3, -0.25) is 4.79 Å². The van der Waals surface area contributed by atoms with Crippen molar-refractivity contribution in [2.24, 2.45) is 5.92 Å². The van der Waals surface area contributed by atoms with Crippen LogP contribution in [0.2, 0.25) is 0 Å². The lowest BCUT2D eigenvalue weighted by molar-refractivity contribution is -0.142. The molecule has 0 spiro atoms. The Balaban J connectivity index is 2.07. The molecule has 6 heteroatoms. The minimum Gasteiger partial charge on any atom is -0.480 e. The van der Waals surface area contributed by atoms with Gasteiger partial charge in [0.05, 0.1) is 13.2 Å². The largest absolute Gasteiger partial charge is 0.480 e. The molecule has 2 rings (SSSR count). The number of amides is 1. The fraction of sp³-hybridized carbons (Fsp3) is 0.500. The Morgan fingerprint density at radius 1 is 1.50 bits per heavy atom. The third-order valence-corrected chi connectivity index (χ3v) is 3.72. The molecule has 1 aromatic rings. The summed E-state index contributed by atoms with van der Waals surface area (Å²) in [5.74, 6) is -1.62. The summed E-state index contributed by atoms with van der Waals surface area (Å²) in [5.41, 5.74) is 1.29. The molecule has 0 saturated carbocycles. The monoisotopic (exact) mass is 307 g/mol. The molecule has 1 aromatic carbocycles. The molecule has 0 aliphatic carbocycles. The van der Waals surface area contributed by atoms with E-state index in [1.807, 2.05) is 6.07 Å². The molecule has 0 bridgehead atoms. The lowest BCUT2D eigenvalue weighted by Crippen LogP contribution is -2.48. The highest BCUT2D eigenvalue weighted by Gasteiger charge is 2.31. The Morgan fingerprint density at radius 3 is 2.95 bits per heavy atom. The molecule has 22 heavy (non-hydrogen) atoms. The molecule has 0 radical (unpaired) electrons. The van der Waals surface area contributed by atoms with Gasteiger partial charge in [-0.05, 0) is 30.5 Å². The topological polar surface area (TPSA) is 84.9 Å². The number of hydrogen-bond donors (Lipinski definition) is 2. The van der Waals surface area contributed by atoms with E-state index in [0.717, 1.165) is 18.4 Å². The first-order valence-corrected chi connectivity index (χ1v) is 7.31. The number of methoxy groups -OCH3 is 1. The second-order valence-electron chi connectivity index (χ2n) is 5.40. The summed E-state index contributed by atoms with van der Waals surface area (Å²) < 4.78 is 10.4. The molecule has 0 aromatic heterocycles. The van der Waals surface area contributed by atoms with Gasteiger partial charge < -0.3 is 19.9 Å². The molecule has 1 aliphatic rings. The number of carbonyl (C=O) groups excluding carboxylic acids is 1. The Kier molecular flexibility index (Phi) is 5.91. The number of benzene rings is 1. The molecule has 1 saturated heterocycles. The zero-order valence-electron chi connectivity index (χ0n) is 12.6. The lowest BCUT2D eigenvalue weighted by Gasteiger charge is -2.28. The fourth-order valence-corrected chi connectivity index (χ4v) is 2.60. The van der Waals surface area contributed by atoms with Crippen LogP contribution in [0, 0.1) is 5.92 Å². The maximum absolute atomic E-state index is 12.3. The first kappa shape index (κ1) is 16.5. The Bertz CT molecular complexity index is 525. The molecule has 0 unspecified atom stereocenters. The predicted octanol–water partition coefficient (Wildman–Crippen LogP) is 1.44. The fourth-order valence-electron chi connectivity index (χ4n) is 2.60. The number of nitrogens with one attached hydrogen (secondary N) is 1. The van der Waals surface area contributed by atoms with Crippen LogP contribution in [-0.2, 0) is 20.9 Å². The molecule has 120 valence electrons. The van der Waals surface area contributed by atoms with E-state index in [2.05, 4.69) is 5.32 Å². The van der Waals surface area contributed by atoms with Crippen LogP contribution in [-0.4, -0.2) is 43.3 Å². The number of aliphatic carboxylic acids is 1. The highest BCUT2D eigenvalue weighted by atomic mass is 16.5. The van der Waals surface area contributed by atoms with Gasteiger partial charge in [-0.2, -0.15) is 0 Å². The predicted molar refractivity (Wildman–Crippen MR) is 79.6 cm³/mol. The number of hydrogen-bond acceptors (Lipinski definition) is 4. The molecule has 1 aliphatic heterocycles. The van der Waals surface area contributed by atoms with Crippen molar-refractivity contribution in [2.75, 3.05) is 20.3 Å². The third kappa shape index (κ3) is 4.29. The van der Waals surface area contributed by atoms with Crippen molar-refractivity contribution in [3.8, 4) is 0 Å². The number of ether oxygens (including phenoxy) is 2. The Morgan fingerprint density at radius 2 is 2.32 bits per heavy atom. The second kappa shape index (κ2) is 7.91. The van der Waals surface area contributed by atoms with Crippen LogP contribution in [0.4, 0.5) is 0 Å². The van der Waals surface area contributed by atoms with Crippen molar-refractivity contribution in [1.29, 1.82) is 0 Å². The molecular formula is C16H21NO5. The molecule has 2 atom stereocenters. The van der Waals surface area contributed by atoms with E-state index < -0.39 is 17.9 Å². The first-order valence-electron chi connectivity index (χ1n) is 7.31. The number of carboxylic acid groups (broad SMARTS) is 1. The first-order chi connectivity index (χ1) is 10.6. The lowest BCUT2D eigenvalue weighted by atomic mass is 9.93. The van der Waals surface area contributed by atoms with Crippen molar-refractivity contribution in [1.82, 2.24) is 5.32 Å². The van der Waals surface area contributed by atoms with Crippen LogP contribution in [0.1, 0.15) is 28.8 Å². The van der Waals surface area contributed by atoms with Crippen molar-refractivity contribution >= 4 is 11.9 Å². The minimum atomic E-state index is -1.03. The van der Waals surface area contributed by atoms with Crippen molar-refractivity contribution < 1.29 is 24.2 Å². The maximum Gasteiger partial charge on any atom is 0.326 e. The van der Waals surface area contributed by atoms with Crippen LogP contribution >= 0.6 is 0 Å². The SMILES string of the molecule is COCc1cccc(C(=O)N[C@H](C(=O)O)[C@H]2CCCOC2)c1. The molecule has 1 heterocycles. The average Bonchev–Trinajstić information content (AvgIpc) is 2.53. The molecule has 2 N–H and O–H groups in total. The van der Waals surface area contributed by atoms with Gasteiger partial charge in [-0.25, -0.2) is 4.79 Å². The van der Waals surface area contributed by atoms with Crippen LogP contribution in [0.3, 0.4) is 0 Å². The second-order valence-corrected chi connectivity index (χ2v) is 5.40. The van der Waals surface area contributed by atoms with Crippen molar-refractivity contribution in [2.45, 2.75) is 25.5 Å². The van der Waals surface area contributed by atoms with E-state index in [-0.39, 0.29) is 5.92 Å². The smallest absolute Gasteiger partial charge is 0.326 e. The van der Waals surface area contributed by atoms with Gasteiger partial charge in [0.25, 0.3) is 5.91 Å². The van der Waals surface area contributed by atoms with Gasteiger partial charge in [-0.15, -0.1) is 0 Å². The summed E-state index contributed by atoms with van der Waals surface area (Å²) in [6, 6.07) is 6.03. The molecule has 6 nitrogen and oxygen atoms in total. The quantitative estimate of drug-likeness (QED) is 0.831. The molecule has 1 amide bonds. The summed E-state index contributed by atoms with van der Waals surface area (Å²) in [7, 11) is 1.58. The highest BCUT2D eigenvalue weighted by molar-refractivity contribution is 5.96. The summed E-state index contributed by atoms with van der Waals surface area (Å²) in [6.45, 7) is 1.41. The zero-order chi connectivity index (χ0) is 15.9. The zero-order valence-corrected chi connectivity index (χ0v) is 12.6. The van der Waals surface area contributed by atoms with Gasteiger partial charge in [0, 0.05) is 25.2 Å². The third-order valence-electron chi connectivity index (χ3n) is 3.72. The Hall–Kier alpha value is -1.92. The molecular weight excluding hydrogens is 286 g/mol. The van der Waals surface area contributed by atoms with E-state index in [1.165, 1.54) is 0 Å². The van der Waals surface area contributed by atoms with Gasteiger partial charge in [0.15, 0.2) is 0 Å². The molecule has 1 fully saturated rings. The standard InChI is InChI=1S/C16H21NO5/c1-21-9-11-4-2-5-12(8-11)15(18)17-14(16(19)20)13-6-3-7-22-10-13/h2,4-5,8,13-14H,3,6-7,9-10H2,1H3,(H,17,18)(H,19,20)/t13-,14-/m0/s1. The van der Waals surface area contributed by atoms with Gasteiger partial charge in [0.2, 0.25) is 0 Å². The number of carbonyl (C=O) groups is 2. The normalized spacial score (nSPS) is 19.4. The highest BCUT2D eigenvalue weighted by Crippen LogP contribution is 2.18. The van der Waals surface area contributed by atoms with Gasteiger partial charge in [-0.1, -0.05) is 12.1 Å². The van der Waals surface area contributed by atoms with E-state index in [4.69, 9.17) is 9.47 Å². The Labute approximate surface area is 129 Å². The number of carboxylic acids is 1. The van der Waals surface area contributed by atoms with Crippen LogP contribution in [0.25, 0.3) is 0 Å². The van der Waals surface area contributed by atoms with Crippen LogP contribution in [0.5, 0.6) is 0 Å². The van der Waals surface area contributed by atoms with Gasteiger partial charge >= 0.3 is 5.97 Å². The van der Waals surface area contributed by atoms with E-state index in [1.54, 1.807) is 25.3 Å². The van der Waals surface area contributed by atoms with Crippen molar-refractivity contribution in [3.05, 3.63) is 35.4 Å². The van der Waals surface area contributed by atoms with Crippen molar-refractivity contribution in [3.63, 3.8) is 0 Å². The van der Waals surface area contributed by atoms with E-state index in [9.17, 15) is 14.7 Å². The summed E-state index contributed by atoms with van der Waals surface area (Å²) in [6.07, 6.45) is 1.55. The summed E-state index contributed by atoms with van der Waals surface area (Å²) >= 11 is 0. The van der Waals surface area contributed by atoms with E-state index in [0.29, 0.717) is 25.4 Å².